The van der Waals surface area contributed by atoms with Gasteiger partial charge in [0, 0.05) is 37.8 Å². The second-order valence-corrected chi connectivity index (χ2v) is 9.09. The molecule has 0 atom stereocenters. The summed E-state index contributed by atoms with van der Waals surface area (Å²) in [6.07, 6.45) is 8.86. The summed E-state index contributed by atoms with van der Waals surface area (Å²) in [6, 6.07) is 2.17. The first-order valence-electron chi connectivity index (χ1n) is 10.4. The molecular weight excluding hydrogens is 356 g/mol. The molecule has 0 aromatic carbocycles. The van der Waals surface area contributed by atoms with Gasteiger partial charge in [-0.15, -0.1) is 0 Å². The molecule has 0 bridgehead atoms. The fourth-order valence-electron chi connectivity index (χ4n) is 3.70. The van der Waals surface area contributed by atoms with Gasteiger partial charge < -0.3 is 20.4 Å². The Labute approximate surface area is 169 Å². The van der Waals surface area contributed by atoms with Crippen molar-refractivity contribution in [2.75, 3.05) is 41.3 Å². The molecule has 1 aromatic rings. The highest BCUT2D eigenvalue weighted by Gasteiger charge is 2.19. The third-order valence-electron chi connectivity index (χ3n) is 5.02. The Bertz CT molecular complexity index is 628. The Kier molecular flexibility index (Phi) is 6.73. The molecule has 2 saturated heterocycles. The van der Waals surface area contributed by atoms with E-state index in [0.717, 1.165) is 37.8 Å². The van der Waals surface area contributed by atoms with Crippen LogP contribution in [0.2, 0.25) is 0 Å². The summed E-state index contributed by atoms with van der Waals surface area (Å²) in [5.41, 5.74) is -0.0951. The van der Waals surface area contributed by atoms with E-state index in [4.69, 9.17) is 22.2 Å². The maximum Gasteiger partial charge on any atom is 0.232 e. The van der Waals surface area contributed by atoms with Crippen LogP contribution in [0.25, 0.3) is 0 Å². The van der Waals surface area contributed by atoms with Crippen molar-refractivity contribution in [3.8, 4) is 0 Å². The molecule has 6 nitrogen and oxygen atoms in total. The van der Waals surface area contributed by atoms with Gasteiger partial charge in [-0.3, -0.25) is 0 Å². The Morgan fingerprint density at radius 1 is 0.852 bits per heavy atom. The van der Waals surface area contributed by atoms with Gasteiger partial charge in [-0.05, 0) is 65.1 Å². The van der Waals surface area contributed by atoms with Crippen LogP contribution in [0, 0.1) is 0 Å². The van der Waals surface area contributed by atoms with Crippen LogP contribution in [0.3, 0.4) is 0 Å². The normalized spacial score (nSPS) is 18.8. The van der Waals surface area contributed by atoms with Crippen molar-refractivity contribution >= 4 is 34.9 Å². The number of thiocarbonyl (C=S) groups is 1. The van der Waals surface area contributed by atoms with Crippen LogP contribution >= 0.6 is 12.2 Å². The molecule has 7 heteroatoms. The predicted molar refractivity (Wildman–Crippen MR) is 118 cm³/mol. The number of anilines is 3. The third kappa shape index (κ3) is 6.19. The predicted octanol–water partition coefficient (Wildman–Crippen LogP) is 3.93. The molecule has 0 spiro atoms. The SMILES string of the molecule is CC(C)(C)NC(=S)Nc1nc(N2CCCCCC2)cc(N2CCCCC2)n1. The zero-order chi connectivity index (χ0) is 19.3. The van der Waals surface area contributed by atoms with E-state index in [2.05, 4.69) is 47.3 Å². The monoisotopic (exact) mass is 390 g/mol. The van der Waals surface area contributed by atoms with Crippen LogP contribution in [-0.4, -0.2) is 46.8 Å². The average molecular weight is 391 g/mol. The molecule has 1 aromatic heterocycles. The third-order valence-corrected chi connectivity index (χ3v) is 5.23. The fourth-order valence-corrected chi connectivity index (χ4v) is 4.10. The van der Waals surface area contributed by atoms with E-state index in [1.54, 1.807) is 0 Å². The van der Waals surface area contributed by atoms with E-state index in [-0.39, 0.29) is 5.54 Å². The van der Waals surface area contributed by atoms with Gasteiger partial charge in [-0.2, -0.15) is 9.97 Å². The van der Waals surface area contributed by atoms with Crippen molar-refractivity contribution < 1.29 is 0 Å². The lowest BCUT2D eigenvalue weighted by atomic mass is 10.1. The van der Waals surface area contributed by atoms with E-state index in [9.17, 15) is 0 Å². The molecule has 2 aliphatic heterocycles. The first-order chi connectivity index (χ1) is 12.9. The van der Waals surface area contributed by atoms with Crippen LogP contribution in [0.15, 0.2) is 6.07 Å². The fraction of sp³-hybridized carbons (Fsp3) is 0.750. The zero-order valence-corrected chi connectivity index (χ0v) is 17.9. The minimum absolute atomic E-state index is 0.0951. The highest BCUT2D eigenvalue weighted by atomic mass is 32.1. The van der Waals surface area contributed by atoms with Crippen LogP contribution in [0.4, 0.5) is 17.6 Å². The summed E-state index contributed by atoms with van der Waals surface area (Å²) >= 11 is 5.48. The molecule has 3 rings (SSSR count). The number of hydrogen-bond donors (Lipinski definition) is 2. The minimum Gasteiger partial charge on any atom is -0.358 e. The van der Waals surface area contributed by atoms with Gasteiger partial charge >= 0.3 is 0 Å². The molecule has 27 heavy (non-hydrogen) atoms. The molecule has 2 N–H and O–H groups in total. The summed E-state index contributed by atoms with van der Waals surface area (Å²) in [5.74, 6) is 2.64. The summed E-state index contributed by atoms with van der Waals surface area (Å²) in [4.78, 5) is 14.4. The molecular formula is C20H34N6S. The standard InChI is InChI=1S/C20H34N6S/c1-20(2,3)24-19(27)23-18-21-16(25-11-7-4-5-8-12-25)15-17(22-18)26-13-9-6-10-14-26/h15H,4-14H2,1-3H3,(H2,21,22,23,24,27). The van der Waals surface area contributed by atoms with Crippen molar-refractivity contribution in [2.24, 2.45) is 0 Å². The van der Waals surface area contributed by atoms with Gasteiger partial charge in [0.05, 0.1) is 0 Å². The first kappa shape index (κ1) is 20.1. The molecule has 150 valence electrons. The molecule has 0 saturated carbocycles. The number of hydrogen-bond acceptors (Lipinski definition) is 5. The lowest BCUT2D eigenvalue weighted by molar-refractivity contribution is 0.514. The minimum atomic E-state index is -0.0951. The van der Waals surface area contributed by atoms with E-state index >= 15 is 0 Å². The Hall–Kier alpha value is -1.63. The van der Waals surface area contributed by atoms with Gasteiger partial charge in [0.1, 0.15) is 11.6 Å². The lowest BCUT2D eigenvalue weighted by Crippen LogP contribution is -2.43. The first-order valence-corrected chi connectivity index (χ1v) is 10.8. The Morgan fingerprint density at radius 3 is 1.74 bits per heavy atom. The van der Waals surface area contributed by atoms with E-state index in [1.165, 1.54) is 44.9 Å². The summed E-state index contributed by atoms with van der Waals surface area (Å²) in [7, 11) is 0. The number of nitrogens with one attached hydrogen (secondary N) is 2. The molecule has 3 heterocycles. The summed E-state index contributed by atoms with van der Waals surface area (Å²) in [6.45, 7) is 10.6. The quantitative estimate of drug-likeness (QED) is 0.758. The number of piperidine rings is 1. The van der Waals surface area contributed by atoms with E-state index < -0.39 is 0 Å². The second-order valence-electron chi connectivity index (χ2n) is 8.69. The Balaban J connectivity index is 1.84. The highest BCUT2D eigenvalue weighted by Crippen LogP contribution is 2.25. The van der Waals surface area contributed by atoms with Crippen molar-refractivity contribution in [1.82, 2.24) is 15.3 Å². The van der Waals surface area contributed by atoms with Gasteiger partial charge in [0.25, 0.3) is 0 Å². The molecule has 2 aliphatic rings. The molecule has 0 radical (unpaired) electrons. The lowest BCUT2D eigenvalue weighted by Gasteiger charge is -2.30. The van der Waals surface area contributed by atoms with Crippen molar-refractivity contribution in [3.05, 3.63) is 6.07 Å². The van der Waals surface area contributed by atoms with Gasteiger partial charge in [-0.25, -0.2) is 0 Å². The molecule has 0 aliphatic carbocycles. The van der Waals surface area contributed by atoms with Crippen molar-refractivity contribution in [1.29, 1.82) is 0 Å². The summed E-state index contributed by atoms with van der Waals surface area (Å²) in [5, 5.41) is 7.08. The topological polar surface area (TPSA) is 56.3 Å². The number of nitrogens with zero attached hydrogens (tertiary/aromatic N) is 4. The van der Waals surface area contributed by atoms with Crippen LogP contribution in [0.5, 0.6) is 0 Å². The smallest absolute Gasteiger partial charge is 0.232 e. The van der Waals surface area contributed by atoms with E-state index in [0.29, 0.717) is 11.1 Å². The highest BCUT2D eigenvalue weighted by molar-refractivity contribution is 7.80. The van der Waals surface area contributed by atoms with E-state index in [1.807, 2.05) is 0 Å². The number of aromatic nitrogens is 2. The van der Waals surface area contributed by atoms with Gasteiger partial charge in [0.15, 0.2) is 5.11 Å². The maximum absolute atomic E-state index is 5.48. The van der Waals surface area contributed by atoms with Crippen LogP contribution in [-0.2, 0) is 0 Å². The average Bonchev–Trinajstić information content (AvgIpc) is 2.90. The maximum atomic E-state index is 5.48. The van der Waals surface area contributed by atoms with Crippen molar-refractivity contribution in [3.63, 3.8) is 0 Å². The zero-order valence-electron chi connectivity index (χ0n) is 17.1. The second kappa shape index (κ2) is 9.04. The number of rotatable bonds is 3. The van der Waals surface area contributed by atoms with Crippen LogP contribution in [0.1, 0.15) is 65.7 Å². The molecule has 0 unspecified atom stereocenters. The largest absolute Gasteiger partial charge is 0.358 e. The summed E-state index contributed by atoms with van der Waals surface area (Å²) < 4.78 is 0. The molecule has 0 amide bonds. The Morgan fingerprint density at radius 2 is 1.30 bits per heavy atom. The van der Waals surface area contributed by atoms with Gasteiger partial charge in [-0.1, -0.05) is 12.8 Å². The van der Waals surface area contributed by atoms with Crippen molar-refractivity contribution in [2.45, 2.75) is 71.3 Å². The molecule has 2 fully saturated rings. The van der Waals surface area contributed by atoms with Gasteiger partial charge in [0.2, 0.25) is 5.95 Å². The van der Waals surface area contributed by atoms with Crippen LogP contribution < -0.4 is 20.4 Å².